The fourth-order valence-corrected chi connectivity index (χ4v) is 1.84. The molecule has 0 aromatic heterocycles. The maximum Gasteiger partial charge on any atom is 0.326 e. The van der Waals surface area contributed by atoms with Crippen LogP contribution >= 0.6 is 0 Å². The average Bonchev–Trinajstić information content (AvgIpc) is 2.40. The van der Waals surface area contributed by atoms with E-state index in [1.807, 2.05) is 0 Å². The van der Waals surface area contributed by atoms with Crippen molar-refractivity contribution < 1.29 is 19.1 Å². The van der Waals surface area contributed by atoms with E-state index in [1.165, 1.54) is 18.2 Å². The number of benzene rings is 1. The van der Waals surface area contributed by atoms with E-state index in [9.17, 15) is 14.0 Å². The Balaban J connectivity index is 2.47. The lowest BCUT2D eigenvalue weighted by atomic mass is 10.1. The Labute approximate surface area is 122 Å². The number of carboxylic acids is 1. The molecule has 0 aliphatic rings. The Kier molecular flexibility index (Phi) is 6.39. The van der Waals surface area contributed by atoms with E-state index in [1.54, 1.807) is 19.1 Å². The third-order valence-corrected chi connectivity index (χ3v) is 2.84. The minimum absolute atomic E-state index is 0.148. The summed E-state index contributed by atoms with van der Waals surface area (Å²) in [6.45, 7) is 5.23. The van der Waals surface area contributed by atoms with Gasteiger partial charge in [-0.15, -0.1) is 6.58 Å². The van der Waals surface area contributed by atoms with E-state index < -0.39 is 18.0 Å². The van der Waals surface area contributed by atoms with Crippen LogP contribution < -0.4 is 10.6 Å². The number of carbonyl (C=O) groups excluding carboxylic acids is 1. The summed E-state index contributed by atoms with van der Waals surface area (Å²) in [5.74, 6) is -1.43. The highest BCUT2D eigenvalue weighted by atomic mass is 19.1. The van der Waals surface area contributed by atoms with Gasteiger partial charge in [-0.05, 0) is 37.5 Å². The van der Waals surface area contributed by atoms with Crippen molar-refractivity contribution >= 4 is 12.0 Å². The summed E-state index contributed by atoms with van der Waals surface area (Å²) in [7, 11) is 0. The highest BCUT2D eigenvalue weighted by molar-refractivity contribution is 5.82. The first-order valence-corrected chi connectivity index (χ1v) is 6.57. The first-order valence-electron chi connectivity index (χ1n) is 6.57. The number of amides is 2. The Morgan fingerprint density at radius 2 is 1.95 bits per heavy atom. The topological polar surface area (TPSA) is 78.4 Å². The molecule has 6 heteroatoms. The van der Waals surface area contributed by atoms with Crippen molar-refractivity contribution in [1.29, 1.82) is 0 Å². The van der Waals surface area contributed by atoms with Gasteiger partial charge in [0.15, 0.2) is 0 Å². The molecular weight excluding hydrogens is 275 g/mol. The number of halogens is 1. The Morgan fingerprint density at radius 3 is 2.48 bits per heavy atom. The minimum Gasteiger partial charge on any atom is -0.480 e. The fraction of sp³-hybridized carbons (Fsp3) is 0.333. The zero-order chi connectivity index (χ0) is 15.8. The van der Waals surface area contributed by atoms with Gasteiger partial charge in [-0.25, -0.2) is 14.0 Å². The maximum absolute atomic E-state index is 12.8. The number of nitrogens with one attached hydrogen (secondary N) is 2. The molecule has 5 nitrogen and oxygen atoms in total. The highest BCUT2D eigenvalue weighted by Gasteiger charge is 2.19. The molecule has 2 atom stereocenters. The van der Waals surface area contributed by atoms with Crippen LogP contribution in [0.25, 0.3) is 0 Å². The third kappa shape index (κ3) is 6.07. The van der Waals surface area contributed by atoms with Crippen molar-refractivity contribution in [2.24, 2.45) is 0 Å². The molecule has 21 heavy (non-hydrogen) atoms. The molecule has 0 aliphatic carbocycles. The van der Waals surface area contributed by atoms with Gasteiger partial charge >= 0.3 is 12.0 Å². The number of aliphatic carboxylic acids is 1. The second-order valence-electron chi connectivity index (χ2n) is 4.76. The largest absolute Gasteiger partial charge is 0.480 e. The molecule has 1 aromatic carbocycles. The number of hydrogen-bond donors (Lipinski definition) is 3. The summed E-state index contributed by atoms with van der Waals surface area (Å²) in [6, 6.07) is 4.22. The third-order valence-electron chi connectivity index (χ3n) is 2.84. The fourth-order valence-electron chi connectivity index (χ4n) is 1.84. The second kappa shape index (κ2) is 8.04. The highest BCUT2D eigenvalue weighted by Crippen LogP contribution is 2.05. The van der Waals surface area contributed by atoms with E-state index in [2.05, 4.69) is 17.2 Å². The Bertz CT molecular complexity index is 502. The molecule has 0 radical (unpaired) electrons. The second-order valence-corrected chi connectivity index (χ2v) is 4.76. The molecule has 2 amide bonds. The van der Waals surface area contributed by atoms with Crippen molar-refractivity contribution in [3.05, 3.63) is 48.3 Å². The van der Waals surface area contributed by atoms with Crippen molar-refractivity contribution in [1.82, 2.24) is 10.6 Å². The molecule has 0 bridgehead atoms. The van der Waals surface area contributed by atoms with Crippen LogP contribution in [0.3, 0.4) is 0 Å². The van der Waals surface area contributed by atoms with Gasteiger partial charge in [0.25, 0.3) is 0 Å². The van der Waals surface area contributed by atoms with Crippen molar-refractivity contribution in [2.75, 3.05) is 0 Å². The van der Waals surface area contributed by atoms with Crippen molar-refractivity contribution in [3.8, 4) is 0 Å². The average molecular weight is 294 g/mol. The van der Waals surface area contributed by atoms with Crippen LogP contribution in [0.1, 0.15) is 18.9 Å². The molecule has 0 heterocycles. The van der Waals surface area contributed by atoms with Crippen LogP contribution in [0.15, 0.2) is 36.9 Å². The summed E-state index contributed by atoms with van der Waals surface area (Å²) in [6.07, 6.45) is 2.10. The quantitative estimate of drug-likeness (QED) is 0.674. The van der Waals surface area contributed by atoms with E-state index in [0.29, 0.717) is 6.42 Å². The minimum atomic E-state index is -1.11. The lowest BCUT2D eigenvalue weighted by Gasteiger charge is -2.17. The summed E-state index contributed by atoms with van der Waals surface area (Å²) in [5, 5.41) is 13.9. The molecule has 0 spiro atoms. The molecule has 0 aliphatic heterocycles. The molecule has 0 saturated heterocycles. The normalized spacial score (nSPS) is 13.0. The number of hydrogen-bond acceptors (Lipinski definition) is 2. The van der Waals surface area contributed by atoms with Crippen LogP contribution in [0.4, 0.5) is 9.18 Å². The predicted octanol–water partition coefficient (Wildman–Crippen LogP) is 2.09. The van der Waals surface area contributed by atoms with Crippen LogP contribution in [-0.4, -0.2) is 29.2 Å². The smallest absolute Gasteiger partial charge is 0.326 e. The number of urea groups is 1. The summed E-state index contributed by atoms with van der Waals surface area (Å²) in [4.78, 5) is 22.6. The number of rotatable bonds is 7. The standard InChI is InChI=1S/C15H19FN2O3/c1-3-4-13(14(19)20)18-15(21)17-10(2)9-11-5-7-12(16)8-6-11/h3,5-8,10,13H,1,4,9H2,2H3,(H,19,20)(H2,17,18,21). The molecule has 1 aromatic rings. The lowest BCUT2D eigenvalue weighted by Crippen LogP contribution is -2.48. The molecule has 0 saturated carbocycles. The Morgan fingerprint density at radius 1 is 1.33 bits per heavy atom. The van der Waals surface area contributed by atoms with E-state index in [0.717, 1.165) is 5.56 Å². The van der Waals surface area contributed by atoms with Gasteiger partial charge in [-0.1, -0.05) is 18.2 Å². The van der Waals surface area contributed by atoms with Gasteiger partial charge in [0.2, 0.25) is 0 Å². The van der Waals surface area contributed by atoms with Crippen LogP contribution in [0.5, 0.6) is 0 Å². The zero-order valence-corrected chi connectivity index (χ0v) is 11.8. The van der Waals surface area contributed by atoms with Gasteiger partial charge < -0.3 is 15.7 Å². The molecule has 2 unspecified atom stereocenters. The SMILES string of the molecule is C=CCC(NC(=O)NC(C)Cc1ccc(F)cc1)C(=O)O. The maximum atomic E-state index is 12.8. The Hall–Kier alpha value is -2.37. The van der Waals surface area contributed by atoms with Crippen LogP contribution in [0.2, 0.25) is 0 Å². The van der Waals surface area contributed by atoms with Gasteiger partial charge in [0, 0.05) is 6.04 Å². The van der Waals surface area contributed by atoms with Gasteiger partial charge in [-0.2, -0.15) is 0 Å². The van der Waals surface area contributed by atoms with Crippen LogP contribution in [0, 0.1) is 5.82 Å². The first kappa shape index (κ1) is 16.7. The molecular formula is C15H19FN2O3. The molecule has 1 rings (SSSR count). The first-order chi connectivity index (χ1) is 9.92. The van der Waals surface area contributed by atoms with Crippen LogP contribution in [-0.2, 0) is 11.2 Å². The summed E-state index contributed by atoms with van der Waals surface area (Å²) in [5.41, 5.74) is 0.880. The van der Waals surface area contributed by atoms with Crippen molar-refractivity contribution in [3.63, 3.8) is 0 Å². The summed E-state index contributed by atoms with van der Waals surface area (Å²) >= 11 is 0. The van der Waals surface area contributed by atoms with E-state index in [4.69, 9.17) is 5.11 Å². The predicted molar refractivity (Wildman–Crippen MR) is 77.5 cm³/mol. The number of carboxylic acid groups (broad SMARTS) is 1. The van der Waals surface area contributed by atoms with Gasteiger partial charge in [0.05, 0.1) is 0 Å². The molecule has 3 N–H and O–H groups in total. The number of carbonyl (C=O) groups is 2. The monoisotopic (exact) mass is 294 g/mol. The zero-order valence-electron chi connectivity index (χ0n) is 11.8. The van der Waals surface area contributed by atoms with Gasteiger partial charge in [0.1, 0.15) is 11.9 Å². The van der Waals surface area contributed by atoms with Gasteiger partial charge in [-0.3, -0.25) is 0 Å². The van der Waals surface area contributed by atoms with E-state index >= 15 is 0 Å². The van der Waals surface area contributed by atoms with E-state index in [-0.39, 0.29) is 18.3 Å². The molecule has 0 fully saturated rings. The summed E-state index contributed by atoms with van der Waals surface area (Å²) < 4.78 is 12.8. The van der Waals surface area contributed by atoms with Crippen molar-refractivity contribution in [2.45, 2.75) is 31.8 Å². The molecule has 114 valence electrons. The lowest BCUT2D eigenvalue weighted by molar-refractivity contribution is -0.139.